The van der Waals surface area contributed by atoms with Crippen molar-refractivity contribution in [2.24, 2.45) is 5.92 Å². The zero-order valence-electron chi connectivity index (χ0n) is 20.7. The number of ether oxygens (including phenoxy) is 1. The molecule has 1 unspecified atom stereocenters. The minimum atomic E-state index is -0.106. The molecule has 1 N–H and O–H groups in total. The predicted molar refractivity (Wildman–Crippen MR) is 139 cm³/mol. The quantitative estimate of drug-likeness (QED) is 0.561. The van der Waals surface area contributed by atoms with Crippen LogP contribution in [0.25, 0.3) is 6.08 Å². The second kappa shape index (κ2) is 12.5. The van der Waals surface area contributed by atoms with Gasteiger partial charge in [0.1, 0.15) is 5.75 Å². The molecule has 2 amide bonds. The number of amides is 2. The largest absolute Gasteiger partial charge is 0.497 e. The van der Waals surface area contributed by atoms with Crippen LogP contribution in [0.1, 0.15) is 36.8 Å². The minimum absolute atomic E-state index is 0.0369. The number of rotatable bonds is 9. The van der Waals surface area contributed by atoms with Gasteiger partial charge in [-0.05, 0) is 54.5 Å². The lowest BCUT2D eigenvalue weighted by molar-refractivity contribution is -0.132. The molecular weight excluding hydrogens is 438 g/mol. The number of benzene rings is 2. The molecule has 1 aliphatic carbocycles. The predicted octanol–water partition coefficient (Wildman–Crippen LogP) is 3.77. The van der Waals surface area contributed by atoms with Crippen molar-refractivity contribution >= 4 is 17.9 Å². The first-order valence-electron chi connectivity index (χ1n) is 12.8. The van der Waals surface area contributed by atoms with Gasteiger partial charge in [0.15, 0.2) is 0 Å². The zero-order valence-corrected chi connectivity index (χ0v) is 20.7. The normalized spacial score (nSPS) is 18.0. The fourth-order valence-electron chi connectivity index (χ4n) is 5.24. The summed E-state index contributed by atoms with van der Waals surface area (Å²) in [5.74, 6) is 1.41. The van der Waals surface area contributed by atoms with Gasteiger partial charge in [0, 0.05) is 38.8 Å². The molecule has 1 atom stereocenters. The molecule has 2 fully saturated rings. The second-order valence-corrected chi connectivity index (χ2v) is 9.48. The van der Waals surface area contributed by atoms with Crippen molar-refractivity contribution < 1.29 is 14.3 Å². The van der Waals surface area contributed by atoms with Crippen LogP contribution < -0.4 is 10.1 Å². The van der Waals surface area contributed by atoms with Gasteiger partial charge in [0.05, 0.1) is 13.2 Å². The molecule has 6 heteroatoms. The van der Waals surface area contributed by atoms with Crippen molar-refractivity contribution in [3.8, 4) is 5.75 Å². The molecule has 0 spiro atoms. The number of carbonyl (C=O) groups is 2. The Labute approximate surface area is 208 Å². The van der Waals surface area contributed by atoms with E-state index in [1.165, 1.54) is 18.4 Å². The summed E-state index contributed by atoms with van der Waals surface area (Å²) in [5.41, 5.74) is 2.20. The Hall–Kier alpha value is -3.12. The second-order valence-electron chi connectivity index (χ2n) is 9.48. The fourth-order valence-corrected chi connectivity index (χ4v) is 5.24. The Morgan fingerprint density at radius 2 is 1.69 bits per heavy atom. The number of nitrogens with zero attached hydrogens (tertiary/aromatic N) is 2. The average Bonchev–Trinajstić information content (AvgIpc) is 3.43. The summed E-state index contributed by atoms with van der Waals surface area (Å²) in [7, 11) is 1.66. The number of carbonyl (C=O) groups excluding carboxylic acids is 2. The van der Waals surface area contributed by atoms with Crippen LogP contribution in [0.3, 0.4) is 0 Å². The molecule has 1 heterocycles. The number of nitrogens with one attached hydrogen (secondary N) is 1. The summed E-state index contributed by atoms with van der Waals surface area (Å²) in [4.78, 5) is 30.2. The van der Waals surface area contributed by atoms with E-state index in [1.807, 2.05) is 65.6 Å². The molecule has 2 aromatic rings. The average molecular weight is 476 g/mol. The van der Waals surface area contributed by atoms with Crippen LogP contribution in [0.5, 0.6) is 5.75 Å². The summed E-state index contributed by atoms with van der Waals surface area (Å²) >= 11 is 0. The molecule has 6 nitrogen and oxygen atoms in total. The fraction of sp³-hybridized carbons (Fsp3) is 0.448. The molecule has 186 valence electrons. The summed E-state index contributed by atoms with van der Waals surface area (Å²) in [6.07, 6.45) is 8.93. The Bertz CT molecular complexity index is 976. The first-order valence-corrected chi connectivity index (χ1v) is 12.8. The molecule has 1 aliphatic heterocycles. The van der Waals surface area contributed by atoms with Crippen LogP contribution in [0, 0.1) is 5.92 Å². The molecular formula is C29H37N3O3. The van der Waals surface area contributed by atoms with E-state index in [4.69, 9.17) is 4.74 Å². The van der Waals surface area contributed by atoms with Gasteiger partial charge in [-0.3, -0.25) is 14.5 Å². The maximum Gasteiger partial charge on any atom is 0.246 e. The van der Waals surface area contributed by atoms with Gasteiger partial charge in [0.2, 0.25) is 11.8 Å². The van der Waals surface area contributed by atoms with Crippen LogP contribution in [-0.2, 0) is 16.0 Å². The van der Waals surface area contributed by atoms with E-state index >= 15 is 0 Å². The lowest BCUT2D eigenvalue weighted by atomic mass is 9.95. The molecule has 0 radical (unpaired) electrons. The number of hydrogen-bond donors (Lipinski definition) is 1. The Morgan fingerprint density at radius 1 is 1.00 bits per heavy atom. The number of piperazine rings is 1. The van der Waals surface area contributed by atoms with Crippen molar-refractivity contribution in [1.82, 2.24) is 15.1 Å². The van der Waals surface area contributed by atoms with E-state index in [-0.39, 0.29) is 17.9 Å². The van der Waals surface area contributed by atoms with Crippen LogP contribution in [0.4, 0.5) is 0 Å². The molecule has 0 bridgehead atoms. The summed E-state index contributed by atoms with van der Waals surface area (Å²) < 4.78 is 5.22. The van der Waals surface area contributed by atoms with E-state index in [0.29, 0.717) is 25.6 Å². The first kappa shape index (κ1) is 25.0. The van der Waals surface area contributed by atoms with Crippen molar-refractivity contribution in [2.75, 3.05) is 39.8 Å². The minimum Gasteiger partial charge on any atom is -0.497 e. The standard InChI is InChI=1S/C29H37N3O3/c1-35-26-14-11-24(12-15-26)17-18-30-29(34)28(25-9-5-6-10-25)32-21-19-31(20-22-32)27(33)16-13-23-7-3-2-4-8-23/h2-4,7-8,11-16,25,28H,5-6,9-10,17-22H2,1H3,(H,30,34)/b16-13+. The third kappa shape index (κ3) is 6.95. The summed E-state index contributed by atoms with van der Waals surface area (Å²) in [6.45, 7) is 3.40. The van der Waals surface area contributed by atoms with Crippen LogP contribution >= 0.6 is 0 Å². The van der Waals surface area contributed by atoms with Gasteiger partial charge in [-0.15, -0.1) is 0 Å². The van der Waals surface area contributed by atoms with Gasteiger partial charge < -0.3 is 15.0 Å². The monoisotopic (exact) mass is 475 g/mol. The highest BCUT2D eigenvalue weighted by atomic mass is 16.5. The van der Waals surface area contributed by atoms with Gasteiger partial charge in [-0.25, -0.2) is 0 Å². The molecule has 1 saturated heterocycles. The summed E-state index contributed by atoms with van der Waals surface area (Å²) in [6, 6.07) is 17.8. The maximum absolute atomic E-state index is 13.3. The highest BCUT2D eigenvalue weighted by Gasteiger charge is 2.37. The van der Waals surface area contributed by atoms with Crippen molar-refractivity contribution in [3.05, 3.63) is 71.8 Å². The topological polar surface area (TPSA) is 61.9 Å². The third-order valence-corrected chi connectivity index (χ3v) is 7.22. The summed E-state index contributed by atoms with van der Waals surface area (Å²) in [5, 5.41) is 3.20. The van der Waals surface area contributed by atoms with E-state index in [0.717, 1.165) is 43.7 Å². The van der Waals surface area contributed by atoms with Gasteiger partial charge in [-0.1, -0.05) is 55.3 Å². The Morgan fingerprint density at radius 3 is 2.34 bits per heavy atom. The highest BCUT2D eigenvalue weighted by Crippen LogP contribution is 2.31. The molecule has 4 rings (SSSR count). The molecule has 35 heavy (non-hydrogen) atoms. The first-order chi connectivity index (χ1) is 17.1. The van der Waals surface area contributed by atoms with E-state index in [2.05, 4.69) is 10.2 Å². The SMILES string of the molecule is COc1ccc(CCNC(=O)C(C2CCCC2)N2CCN(C(=O)/C=C/c3ccccc3)CC2)cc1. The van der Waals surface area contributed by atoms with E-state index in [9.17, 15) is 9.59 Å². The number of methoxy groups -OCH3 is 1. The van der Waals surface area contributed by atoms with Crippen LogP contribution in [-0.4, -0.2) is 67.5 Å². The number of hydrogen-bond acceptors (Lipinski definition) is 4. The smallest absolute Gasteiger partial charge is 0.246 e. The Balaban J connectivity index is 1.30. The zero-order chi connectivity index (χ0) is 24.5. The van der Waals surface area contributed by atoms with E-state index in [1.54, 1.807) is 13.2 Å². The van der Waals surface area contributed by atoms with Gasteiger partial charge in [0.25, 0.3) is 0 Å². The van der Waals surface area contributed by atoms with E-state index < -0.39 is 0 Å². The molecule has 2 aliphatic rings. The molecule has 0 aromatic heterocycles. The van der Waals surface area contributed by atoms with Crippen molar-refractivity contribution in [3.63, 3.8) is 0 Å². The van der Waals surface area contributed by atoms with Crippen molar-refractivity contribution in [2.45, 2.75) is 38.1 Å². The van der Waals surface area contributed by atoms with Gasteiger partial charge >= 0.3 is 0 Å². The highest BCUT2D eigenvalue weighted by molar-refractivity contribution is 5.91. The van der Waals surface area contributed by atoms with Crippen LogP contribution in [0.15, 0.2) is 60.7 Å². The molecule has 1 saturated carbocycles. The van der Waals surface area contributed by atoms with Crippen molar-refractivity contribution in [1.29, 1.82) is 0 Å². The van der Waals surface area contributed by atoms with Crippen LogP contribution in [0.2, 0.25) is 0 Å². The lowest BCUT2D eigenvalue weighted by Gasteiger charge is -2.40. The third-order valence-electron chi connectivity index (χ3n) is 7.22. The maximum atomic E-state index is 13.3. The van der Waals surface area contributed by atoms with Gasteiger partial charge in [-0.2, -0.15) is 0 Å². The Kier molecular flexibility index (Phi) is 8.96. The lowest BCUT2D eigenvalue weighted by Crippen LogP contribution is -2.58. The molecule has 2 aromatic carbocycles.